The third-order valence-electron chi connectivity index (χ3n) is 3.99. The lowest BCUT2D eigenvalue weighted by Crippen LogP contribution is -2.44. The maximum Gasteiger partial charge on any atom is 0.328 e. The monoisotopic (exact) mass is 394 g/mol. The Labute approximate surface area is 165 Å². The predicted molar refractivity (Wildman–Crippen MR) is 104 cm³/mol. The number of carbonyl (C=O) groups excluding carboxylic acids is 2. The van der Waals surface area contributed by atoms with Gasteiger partial charge in [0.2, 0.25) is 0 Å². The van der Waals surface area contributed by atoms with E-state index < -0.39 is 29.8 Å². The van der Waals surface area contributed by atoms with Gasteiger partial charge >= 0.3 is 5.97 Å². The summed E-state index contributed by atoms with van der Waals surface area (Å²) in [5.41, 5.74) is 0.629. The molecule has 156 valence electrons. The van der Waals surface area contributed by atoms with E-state index in [1.54, 1.807) is 0 Å². The first-order valence-electron chi connectivity index (χ1n) is 9.07. The van der Waals surface area contributed by atoms with Gasteiger partial charge in [0.15, 0.2) is 17.2 Å². The van der Waals surface area contributed by atoms with Gasteiger partial charge in [0, 0.05) is 12.3 Å². The van der Waals surface area contributed by atoms with Crippen molar-refractivity contribution in [1.29, 1.82) is 0 Å². The number of nitrogens with one attached hydrogen (secondary N) is 1. The lowest BCUT2D eigenvalue weighted by molar-refractivity contribution is -0.162. The number of aromatic hydroxyl groups is 1. The van der Waals surface area contributed by atoms with Gasteiger partial charge in [-0.15, -0.1) is 0 Å². The largest absolute Gasteiger partial charge is 0.503 e. The zero-order chi connectivity index (χ0) is 21.4. The molecule has 0 bridgehead atoms. The van der Waals surface area contributed by atoms with Crippen LogP contribution in [0.4, 0.5) is 0 Å². The van der Waals surface area contributed by atoms with E-state index in [2.05, 4.69) is 16.9 Å². The van der Waals surface area contributed by atoms with Crippen LogP contribution in [-0.4, -0.2) is 53.9 Å². The maximum atomic E-state index is 12.5. The first kappa shape index (κ1) is 23.4. The fourth-order valence-electron chi connectivity index (χ4n) is 2.47. The van der Waals surface area contributed by atoms with Gasteiger partial charge in [0.25, 0.3) is 5.91 Å². The lowest BCUT2D eigenvalue weighted by atomic mass is 10.0. The zero-order valence-electron chi connectivity index (χ0n) is 17.3. The van der Waals surface area contributed by atoms with E-state index in [4.69, 9.17) is 14.2 Å². The molecule has 0 fully saturated rings. The molecule has 1 rings (SSSR count). The maximum absolute atomic E-state index is 12.5. The van der Waals surface area contributed by atoms with Gasteiger partial charge in [-0.25, -0.2) is 9.78 Å². The van der Waals surface area contributed by atoms with Gasteiger partial charge < -0.3 is 24.6 Å². The summed E-state index contributed by atoms with van der Waals surface area (Å²) in [6.45, 7) is 13.2. The molecule has 0 saturated heterocycles. The van der Waals surface area contributed by atoms with Gasteiger partial charge in [0.05, 0.1) is 19.8 Å². The van der Waals surface area contributed by atoms with Crippen LogP contribution in [0.2, 0.25) is 0 Å². The molecule has 2 N–H and O–H groups in total. The highest BCUT2D eigenvalue weighted by molar-refractivity contribution is 5.97. The third kappa shape index (κ3) is 6.53. The molecule has 0 saturated carbocycles. The van der Waals surface area contributed by atoms with Crippen molar-refractivity contribution in [3.63, 3.8) is 0 Å². The summed E-state index contributed by atoms with van der Waals surface area (Å²) in [4.78, 5) is 28.6. The Bertz CT molecular complexity index is 704. The molecule has 8 heteroatoms. The highest BCUT2D eigenvalue weighted by Gasteiger charge is 2.29. The first-order chi connectivity index (χ1) is 13.1. The second-order valence-electron chi connectivity index (χ2n) is 7.02. The van der Waals surface area contributed by atoms with Gasteiger partial charge in [-0.1, -0.05) is 26.0 Å². The normalized spacial score (nSPS) is 14.1. The molecule has 0 radical (unpaired) electrons. The molecule has 28 heavy (non-hydrogen) atoms. The molecule has 1 amide bonds. The van der Waals surface area contributed by atoms with Crippen LogP contribution in [0.5, 0.6) is 11.5 Å². The van der Waals surface area contributed by atoms with Gasteiger partial charge in [0.1, 0.15) is 12.1 Å². The number of methoxy groups -OCH3 is 1. The minimum absolute atomic E-state index is 0.0102. The van der Waals surface area contributed by atoms with Crippen molar-refractivity contribution >= 4 is 11.9 Å². The van der Waals surface area contributed by atoms with Crippen LogP contribution < -0.4 is 10.1 Å². The molecule has 0 aromatic carbocycles. The average molecular weight is 394 g/mol. The summed E-state index contributed by atoms with van der Waals surface area (Å²) in [7, 11) is 1.36. The number of rotatable bonds is 10. The SMILES string of the molecule is C=C(C)CO[C@@H](C)C(OC(=O)[C@H](C)NC(=O)c1nccc(OC)c1O)C(C)C. The minimum Gasteiger partial charge on any atom is -0.503 e. The van der Waals surface area contributed by atoms with Crippen molar-refractivity contribution in [3.05, 3.63) is 30.1 Å². The Morgan fingerprint density at radius 1 is 1.29 bits per heavy atom. The standard InChI is InChI=1S/C20H30N2O6/c1-11(2)10-27-14(6)18(12(3)4)28-20(25)13(5)22-19(24)16-17(23)15(26-7)8-9-21-16/h8-9,12-14,18,23H,1,10H2,2-7H3,(H,22,24)/t13-,14-,18?/m0/s1. The molecule has 0 spiro atoms. The van der Waals surface area contributed by atoms with Gasteiger partial charge in [-0.3, -0.25) is 4.79 Å². The summed E-state index contributed by atoms with van der Waals surface area (Å²) in [6, 6.07) is 0.470. The van der Waals surface area contributed by atoms with Gasteiger partial charge in [-0.05, 0) is 26.7 Å². The number of esters is 1. The number of amides is 1. The Morgan fingerprint density at radius 2 is 1.93 bits per heavy atom. The Morgan fingerprint density at radius 3 is 2.46 bits per heavy atom. The summed E-state index contributed by atoms with van der Waals surface area (Å²) in [5, 5.41) is 12.5. The first-order valence-corrected chi connectivity index (χ1v) is 9.07. The molecule has 1 heterocycles. The number of pyridine rings is 1. The van der Waals surface area contributed by atoms with E-state index in [1.165, 1.54) is 26.3 Å². The number of nitrogens with zero attached hydrogens (tertiary/aromatic N) is 1. The highest BCUT2D eigenvalue weighted by atomic mass is 16.6. The van der Waals surface area contributed by atoms with Crippen LogP contribution in [0.15, 0.2) is 24.4 Å². The molecule has 0 aliphatic carbocycles. The average Bonchev–Trinajstić information content (AvgIpc) is 2.63. The van der Waals surface area contributed by atoms with Gasteiger partial charge in [-0.2, -0.15) is 0 Å². The van der Waals surface area contributed by atoms with Crippen molar-refractivity contribution < 1.29 is 28.9 Å². The van der Waals surface area contributed by atoms with E-state index in [1.807, 2.05) is 27.7 Å². The molecule has 0 aliphatic rings. The fraction of sp³-hybridized carbons (Fsp3) is 0.550. The minimum atomic E-state index is -0.950. The van der Waals surface area contributed by atoms with Crippen molar-refractivity contribution in [3.8, 4) is 11.5 Å². The molecule has 1 aromatic rings. The molecule has 0 aliphatic heterocycles. The summed E-state index contributed by atoms with van der Waals surface area (Å²) >= 11 is 0. The molecule has 8 nitrogen and oxygen atoms in total. The number of hydrogen-bond acceptors (Lipinski definition) is 7. The van der Waals surface area contributed by atoms with Crippen LogP contribution >= 0.6 is 0 Å². The topological polar surface area (TPSA) is 107 Å². The van der Waals surface area contributed by atoms with Crippen LogP contribution in [0.25, 0.3) is 0 Å². The lowest BCUT2D eigenvalue weighted by Gasteiger charge is -2.28. The molecule has 3 atom stereocenters. The zero-order valence-corrected chi connectivity index (χ0v) is 17.3. The summed E-state index contributed by atoms with van der Waals surface area (Å²) < 4.78 is 16.2. The Kier molecular flexibility index (Phi) is 8.91. The molecule has 1 aromatic heterocycles. The summed E-state index contributed by atoms with van der Waals surface area (Å²) in [6.07, 6.45) is 0.494. The van der Waals surface area contributed by atoms with E-state index >= 15 is 0 Å². The number of aromatic nitrogens is 1. The van der Waals surface area contributed by atoms with Crippen LogP contribution in [0.3, 0.4) is 0 Å². The molecular formula is C20H30N2O6. The number of hydrogen-bond donors (Lipinski definition) is 2. The van der Waals surface area contributed by atoms with Crippen molar-refractivity contribution in [2.24, 2.45) is 5.92 Å². The van der Waals surface area contributed by atoms with Crippen LogP contribution in [0, 0.1) is 5.92 Å². The Balaban J connectivity index is 2.77. The quantitative estimate of drug-likeness (QED) is 0.464. The second-order valence-corrected chi connectivity index (χ2v) is 7.02. The fourth-order valence-corrected chi connectivity index (χ4v) is 2.47. The van der Waals surface area contributed by atoms with E-state index in [-0.39, 0.29) is 23.5 Å². The predicted octanol–water partition coefficient (Wildman–Crippen LogP) is 2.46. The molecule has 1 unspecified atom stereocenters. The summed E-state index contributed by atoms with van der Waals surface area (Å²) in [5.74, 6) is -1.60. The van der Waals surface area contributed by atoms with E-state index in [0.717, 1.165) is 5.57 Å². The second kappa shape index (κ2) is 10.7. The van der Waals surface area contributed by atoms with Crippen molar-refractivity contribution in [2.75, 3.05) is 13.7 Å². The van der Waals surface area contributed by atoms with E-state index in [0.29, 0.717) is 6.61 Å². The molecular weight excluding hydrogens is 364 g/mol. The van der Waals surface area contributed by atoms with Crippen LogP contribution in [-0.2, 0) is 14.3 Å². The van der Waals surface area contributed by atoms with Crippen molar-refractivity contribution in [2.45, 2.75) is 52.9 Å². The van der Waals surface area contributed by atoms with Crippen molar-refractivity contribution in [1.82, 2.24) is 10.3 Å². The van der Waals surface area contributed by atoms with Crippen LogP contribution in [0.1, 0.15) is 45.1 Å². The third-order valence-corrected chi connectivity index (χ3v) is 3.99. The number of ether oxygens (including phenoxy) is 3. The number of carbonyl (C=O) groups is 2. The highest BCUT2D eigenvalue weighted by Crippen LogP contribution is 2.27. The smallest absolute Gasteiger partial charge is 0.328 e. The Hall–Kier alpha value is -2.61. The van der Waals surface area contributed by atoms with E-state index in [9.17, 15) is 14.7 Å².